The molecule has 0 saturated carbocycles. The summed E-state index contributed by atoms with van der Waals surface area (Å²) >= 11 is 0. The summed E-state index contributed by atoms with van der Waals surface area (Å²) in [6, 6.07) is 5.56. The zero-order chi connectivity index (χ0) is 18.7. The Morgan fingerprint density at radius 1 is 0.920 bits per heavy atom. The average molecular weight is 359 g/mol. The highest BCUT2D eigenvalue weighted by molar-refractivity contribution is 5.95. The number of carboxylic acid groups (broad SMARTS) is 1. The summed E-state index contributed by atoms with van der Waals surface area (Å²) in [5.74, 6) is -11.2. The van der Waals surface area contributed by atoms with Gasteiger partial charge in [-0.05, 0) is 30.5 Å². The van der Waals surface area contributed by atoms with E-state index in [1.807, 2.05) is 6.92 Å². The zero-order valence-corrected chi connectivity index (χ0v) is 13.1. The van der Waals surface area contributed by atoms with E-state index in [1.165, 1.54) is 24.3 Å². The van der Waals surface area contributed by atoms with Gasteiger partial charge < -0.3 is 5.11 Å². The van der Waals surface area contributed by atoms with Crippen molar-refractivity contribution in [2.75, 3.05) is 4.90 Å². The van der Waals surface area contributed by atoms with Crippen LogP contribution in [0, 0.1) is 29.1 Å². The summed E-state index contributed by atoms with van der Waals surface area (Å²) in [7, 11) is 0. The van der Waals surface area contributed by atoms with Crippen LogP contribution >= 0.6 is 0 Å². The maximum atomic E-state index is 13.9. The first-order valence-electron chi connectivity index (χ1n) is 7.43. The van der Waals surface area contributed by atoms with Gasteiger partial charge in [0.1, 0.15) is 5.69 Å². The van der Waals surface area contributed by atoms with Crippen LogP contribution in [0.1, 0.15) is 25.3 Å². The molecule has 134 valence electrons. The molecule has 0 radical (unpaired) electrons. The molecule has 3 nitrogen and oxygen atoms in total. The third-order valence-electron chi connectivity index (χ3n) is 3.62. The van der Waals surface area contributed by atoms with Gasteiger partial charge in [-0.3, -0.25) is 0 Å². The molecule has 2 aromatic carbocycles. The summed E-state index contributed by atoms with van der Waals surface area (Å²) in [5, 5.41) is 9.24. The molecular weight excluding hydrogens is 345 g/mol. The number of benzene rings is 2. The maximum absolute atomic E-state index is 13.9. The molecule has 0 saturated heterocycles. The Kier molecular flexibility index (Phi) is 5.61. The fraction of sp³-hybridized carbons (Fsp3) is 0.235. The third-order valence-corrected chi connectivity index (χ3v) is 3.62. The minimum atomic E-state index is -2.35. The van der Waals surface area contributed by atoms with Crippen LogP contribution in [0.2, 0.25) is 0 Å². The molecule has 25 heavy (non-hydrogen) atoms. The van der Waals surface area contributed by atoms with Crippen LogP contribution in [0.5, 0.6) is 0 Å². The van der Waals surface area contributed by atoms with Gasteiger partial charge in [-0.25, -0.2) is 31.6 Å². The van der Waals surface area contributed by atoms with E-state index < -0.39 is 40.9 Å². The van der Waals surface area contributed by atoms with Crippen molar-refractivity contribution in [2.24, 2.45) is 0 Å². The summed E-state index contributed by atoms with van der Waals surface area (Å²) in [6.45, 7) is 1.99. The van der Waals surface area contributed by atoms with E-state index in [4.69, 9.17) is 0 Å². The van der Waals surface area contributed by atoms with Gasteiger partial charge in [-0.15, -0.1) is 0 Å². The van der Waals surface area contributed by atoms with Crippen molar-refractivity contribution in [1.82, 2.24) is 0 Å². The van der Waals surface area contributed by atoms with Crippen molar-refractivity contribution in [3.8, 4) is 0 Å². The zero-order valence-electron chi connectivity index (χ0n) is 13.1. The molecule has 2 aromatic rings. The number of hydrogen-bond donors (Lipinski definition) is 1. The van der Waals surface area contributed by atoms with Crippen LogP contribution in [-0.2, 0) is 6.42 Å². The number of nitrogens with zero attached hydrogens (tertiary/aromatic N) is 1. The monoisotopic (exact) mass is 359 g/mol. The van der Waals surface area contributed by atoms with Crippen LogP contribution in [0.3, 0.4) is 0 Å². The molecule has 0 aliphatic heterocycles. The van der Waals surface area contributed by atoms with Crippen LogP contribution in [-0.4, -0.2) is 11.2 Å². The average Bonchev–Trinajstić information content (AvgIpc) is 2.60. The van der Waals surface area contributed by atoms with E-state index >= 15 is 0 Å². The minimum absolute atomic E-state index is 0.0276. The number of halogens is 5. The Hall–Kier alpha value is -2.64. The molecule has 1 N–H and O–H groups in total. The molecule has 0 aliphatic carbocycles. The van der Waals surface area contributed by atoms with Gasteiger partial charge in [0, 0.05) is 0 Å². The molecule has 0 aromatic heterocycles. The van der Waals surface area contributed by atoms with Crippen LogP contribution in [0.15, 0.2) is 24.3 Å². The maximum Gasteiger partial charge on any atom is 0.416 e. The molecular formula is C17H14F5NO2. The van der Waals surface area contributed by atoms with Gasteiger partial charge in [-0.2, -0.15) is 0 Å². The lowest BCUT2D eigenvalue weighted by atomic mass is 10.1. The van der Waals surface area contributed by atoms with Crippen LogP contribution < -0.4 is 4.90 Å². The van der Waals surface area contributed by atoms with Crippen molar-refractivity contribution in [3.63, 3.8) is 0 Å². The Morgan fingerprint density at radius 3 is 1.84 bits per heavy atom. The Morgan fingerprint density at radius 2 is 1.40 bits per heavy atom. The van der Waals surface area contributed by atoms with Crippen molar-refractivity contribution in [2.45, 2.75) is 26.2 Å². The quantitative estimate of drug-likeness (QED) is 0.432. The molecule has 1 amide bonds. The van der Waals surface area contributed by atoms with E-state index in [0.717, 1.165) is 18.4 Å². The minimum Gasteiger partial charge on any atom is -0.464 e. The molecule has 8 heteroatoms. The number of anilines is 2. The smallest absolute Gasteiger partial charge is 0.416 e. The molecule has 0 heterocycles. The number of carbonyl (C=O) groups is 1. The van der Waals surface area contributed by atoms with E-state index in [-0.39, 0.29) is 10.6 Å². The second kappa shape index (κ2) is 7.50. The van der Waals surface area contributed by atoms with Crippen LogP contribution in [0.25, 0.3) is 0 Å². The standard InChI is InChI=1S/C17H14F5NO2/c1-2-3-4-9-5-7-10(8-6-9)23(17(24)25)16-14(21)12(19)11(18)13(20)15(16)22/h5-8H,2-4H2,1H3,(H,24,25). The van der Waals surface area contributed by atoms with Gasteiger partial charge in [-0.1, -0.05) is 25.5 Å². The highest BCUT2D eigenvalue weighted by atomic mass is 19.2. The molecule has 0 aliphatic rings. The van der Waals surface area contributed by atoms with E-state index in [2.05, 4.69) is 0 Å². The van der Waals surface area contributed by atoms with Gasteiger partial charge in [0.2, 0.25) is 5.82 Å². The molecule has 0 atom stereocenters. The van der Waals surface area contributed by atoms with Crippen molar-refractivity contribution in [1.29, 1.82) is 0 Å². The number of amides is 1. The van der Waals surface area contributed by atoms with Gasteiger partial charge in [0.05, 0.1) is 5.69 Å². The first-order valence-corrected chi connectivity index (χ1v) is 7.43. The predicted molar refractivity (Wildman–Crippen MR) is 81.4 cm³/mol. The second-order valence-corrected chi connectivity index (χ2v) is 5.31. The third kappa shape index (κ3) is 3.57. The Balaban J connectivity index is 2.55. The molecule has 0 fully saturated rings. The summed E-state index contributed by atoms with van der Waals surface area (Å²) in [5.41, 5.74) is -0.922. The van der Waals surface area contributed by atoms with Crippen molar-refractivity contribution in [3.05, 3.63) is 58.9 Å². The fourth-order valence-corrected chi connectivity index (χ4v) is 2.32. The summed E-state index contributed by atoms with van der Waals surface area (Å²) in [6.07, 6.45) is 0.657. The second-order valence-electron chi connectivity index (χ2n) is 5.31. The van der Waals surface area contributed by atoms with Crippen LogP contribution in [0.4, 0.5) is 38.1 Å². The first-order chi connectivity index (χ1) is 11.8. The molecule has 0 spiro atoms. The lowest BCUT2D eigenvalue weighted by molar-refractivity contribution is 0.204. The predicted octanol–water partition coefficient (Wildman–Crippen LogP) is 5.54. The van der Waals surface area contributed by atoms with Crippen molar-refractivity contribution < 1.29 is 31.9 Å². The lowest BCUT2D eigenvalue weighted by Gasteiger charge is -2.21. The number of unbranched alkanes of at least 4 members (excludes halogenated alkanes) is 1. The summed E-state index contributed by atoms with van der Waals surface area (Å²) < 4.78 is 67.7. The lowest BCUT2D eigenvalue weighted by Crippen LogP contribution is -2.27. The number of rotatable bonds is 5. The largest absolute Gasteiger partial charge is 0.464 e. The molecule has 0 bridgehead atoms. The molecule has 2 rings (SSSR count). The number of aryl methyl sites for hydroxylation is 1. The highest BCUT2D eigenvalue weighted by Crippen LogP contribution is 2.35. The normalized spacial score (nSPS) is 10.8. The topological polar surface area (TPSA) is 40.5 Å². The van der Waals surface area contributed by atoms with E-state index in [1.54, 1.807) is 0 Å². The first kappa shape index (κ1) is 18.7. The van der Waals surface area contributed by atoms with E-state index in [0.29, 0.717) is 6.42 Å². The molecule has 0 unspecified atom stereocenters. The van der Waals surface area contributed by atoms with E-state index in [9.17, 15) is 31.9 Å². The Bertz CT molecular complexity index is 764. The SMILES string of the molecule is CCCCc1ccc(N(C(=O)O)c2c(F)c(F)c(F)c(F)c2F)cc1. The van der Waals surface area contributed by atoms with Gasteiger partial charge >= 0.3 is 6.09 Å². The Labute approximate surface area is 140 Å². The van der Waals surface area contributed by atoms with Gasteiger partial charge in [0.15, 0.2) is 23.3 Å². The summed E-state index contributed by atoms with van der Waals surface area (Å²) in [4.78, 5) is 11.5. The highest BCUT2D eigenvalue weighted by Gasteiger charge is 2.32. The number of hydrogen-bond acceptors (Lipinski definition) is 1. The fourth-order valence-electron chi connectivity index (χ4n) is 2.32. The van der Waals surface area contributed by atoms with Gasteiger partial charge in [0.25, 0.3) is 0 Å². The van der Waals surface area contributed by atoms with Crippen molar-refractivity contribution >= 4 is 17.5 Å².